The lowest BCUT2D eigenvalue weighted by Gasteiger charge is -2.35. The Kier molecular flexibility index (Phi) is 8.53. The van der Waals surface area contributed by atoms with Gasteiger partial charge in [-0.2, -0.15) is 5.10 Å². The van der Waals surface area contributed by atoms with Gasteiger partial charge in [0.05, 0.1) is 30.6 Å². The smallest absolute Gasteiger partial charge is 0.180 e. The molecule has 0 spiro atoms. The lowest BCUT2D eigenvalue weighted by Crippen LogP contribution is -2.43. The number of rotatable bonds is 6. The molecule has 0 aliphatic carbocycles. The Labute approximate surface area is 178 Å². The van der Waals surface area contributed by atoms with Crippen LogP contribution in [0.4, 0.5) is 0 Å². The molecule has 1 aromatic heterocycles. The summed E-state index contributed by atoms with van der Waals surface area (Å²) >= 11 is 1.68. The first-order valence-electron chi connectivity index (χ1n) is 9.87. The van der Waals surface area contributed by atoms with Gasteiger partial charge < -0.3 is 14.6 Å². The van der Waals surface area contributed by atoms with Crippen LogP contribution in [-0.2, 0) is 16.0 Å². The molecule has 1 aromatic rings. The van der Waals surface area contributed by atoms with Crippen LogP contribution in [0.15, 0.2) is 34.9 Å². The van der Waals surface area contributed by atoms with E-state index in [4.69, 9.17) is 9.47 Å². The molecule has 0 bridgehead atoms. The number of aromatic nitrogens is 3. The van der Waals surface area contributed by atoms with E-state index >= 15 is 0 Å². The first kappa shape index (κ1) is 23.7. The molecule has 0 aromatic carbocycles. The molecule has 6 nitrogen and oxygen atoms in total. The average molecular weight is 420 g/mol. The first-order valence-corrected chi connectivity index (χ1v) is 10.8. The fourth-order valence-electron chi connectivity index (χ4n) is 2.61. The summed E-state index contributed by atoms with van der Waals surface area (Å²) in [5.41, 5.74) is 3.38. The molecule has 1 aliphatic heterocycles. The highest BCUT2D eigenvalue weighted by Crippen LogP contribution is 2.31. The number of hydrogen-bond donors (Lipinski definition) is 1. The van der Waals surface area contributed by atoms with Gasteiger partial charge in [0.2, 0.25) is 0 Å². The minimum atomic E-state index is -0.917. The quantitative estimate of drug-likeness (QED) is 0.711. The van der Waals surface area contributed by atoms with Crippen LogP contribution in [0.1, 0.15) is 48.5 Å². The van der Waals surface area contributed by atoms with Crippen LogP contribution >= 0.6 is 11.8 Å². The Hall–Kier alpha value is -1.59. The Morgan fingerprint density at radius 2 is 1.83 bits per heavy atom. The summed E-state index contributed by atoms with van der Waals surface area (Å²) in [5, 5.41) is 15.0. The van der Waals surface area contributed by atoms with Crippen molar-refractivity contribution in [3.05, 3.63) is 34.9 Å². The maximum absolute atomic E-state index is 10.8. The van der Waals surface area contributed by atoms with E-state index in [9.17, 15) is 5.11 Å². The standard InChI is InChI=1S/C22H33N3O3S/c1-15(2)16(3)8-9-17(4)18(5)21-27-10-20(11-28-21)29-19(6)22(7,26)12-25-14-23-13-24-25/h13-14,19-21,26H,10-12H2,1-7H3/b18-17-. The molecule has 1 saturated heterocycles. The van der Waals surface area contributed by atoms with Crippen LogP contribution in [0.25, 0.3) is 0 Å². The lowest BCUT2D eigenvalue weighted by atomic mass is 10.0. The fraction of sp³-hybridized carbons (Fsp3) is 0.636. The fourth-order valence-corrected chi connectivity index (χ4v) is 3.87. The van der Waals surface area contributed by atoms with E-state index in [1.807, 2.05) is 34.6 Å². The molecule has 1 aliphatic rings. The molecule has 0 amide bonds. The second-order valence-corrected chi connectivity index (χ2v) is 9.68. The minimum Gasteiger partial charge on any atom is -0.387 e. The number of ether oxygens (including phenoxy) is 2. The summed E-state index contributed by atoms with van der Waals surface area (Å²) in [6.45, 7) is 15.5. The zero-order chi connectivity index (χ0) is 21.6. The third kappa shape index (κ3) is 7.00. The van der Waals surface area contributed by atoms with Gasteiger partial charge in [-0.3, -0.25) is 4.68 Å². The van der Waals surface area contributed by atoms with Crippen molar-refractivity contribution in [3.63, 3.8) is 0 Å². The van der Waals surface area contributed by atoms with Crippen LogP contribution < -0.4 is 0 Å². The summed E-state index contributed by atoms with van der Waals surface area (Å²) in [6, 6.07) is 0. The van der Waals surface area contributed by atoms with Gasteiger partial charge in [-0.25, -0.2) is 4.98 Å². The van der Waals surface area contributed by atoms with Crippen molar-refractivity contribution >= 4 is 11.8 Å². The third-order valence-corrected chi connectivity index (χ3v) is 6.79. The Bertz CT molecular complexity index is 791. The Morgan fingerprint density at radius 1 is 1.21 bits per heavy atom. The molecule has 2 rings (SSSR count). The minimum absolute atomic E-state index is 0.0169. The van der Waals surface area contributed by atoms with Gasteiger partial charge in [0.15, 0.2) is 6.29 Å². The number of thioether (sulfide) groups is 1. The lowest BCUT2D eigenvalue weighted by molar-refractivity contribution is -0.153. The number of hydrogen-bond acceptors (Lipinski definition) is 6. The van der Waals surface area contributed by atoms with Crippen molar-refractivity contribution in [2.24, 2.45) is 0 Å². The summed E-state index contributed by atoms with van der Waals surface area (Å²) in [7, 11) is 0. The van der Waals surface area contributed by atoms with Crippen LogP contribution in [0, 0.1) is 11.8 Å². The summed E-state index contributed by atoms with van der Waals surface area (Å²) in [4.78, 5) is 3.93. The highest BCUT2D eigenvalue weighted by Gasteiger charge is 2.34. The van der Waals surface area contributed by atoms with Gasteiger partial charge in [0.25, 0.3) is 0 Å². The Morgan fingerprint density at radius 3 is 2.38 bits per heavy atom. The second-order valence-electron chi connectivity index (χ2n) is 8.03. The van der Waals surface area contributed by atoms with Crippen molar-refractivity contribution in [2.45, 2.75) is 77.4 Å². The summed E-state index contributed by atoms with van der Waals surface area (Å²) in [5.74, 6) is 6.39. The average Bonchev–Trinajstić information content (AvgIpc) is 3.17. The number of nitrogens with zero attached hydrogens (tertiary/aromatic N) is 3. The highest BCUT2D eigenvalue weighted by molar-refractivity contribution is 8.00. The largest absolute Gasteiger partial charge is 0.387 e. The van der Waals surface area contributed by atoms with E-state index < -0.39 is 5.60 Å². The normalized spacial score (nSPS) is 23.3. The molecule has 29 heavy (non-hydrogen) atoms. The first-order chi connectivity index (χ1) is 13.6. The maximum atomic E-state index is 10.8. The van der Waals surface area contributed by atoms with E-state index in [0.717, 1.165) is 16.7 Å². The predicted octanol–water partition coefficient (Wildman–Crippen LogP) is 3.59. The van der Waals surface area contributed by atoms with Crippen molar-refractivity contribution in [2.75, 3.05) is 13.2 Å². The second kappa shape index (κ2) is 10.4. The topological polar surface area (TPSA) is 69.4 Å². The zero-order valence-corrected chi connectivity index (χ0v) is 19.3. The molecule has 0 radical (unpaired) electrons. The van der Waals surface area contributed by atoms with E-state index in [1.165, 1.54) is 11.9 Å². The van der Waals surface area contributed by atoms with Crippen molar-refractivity contribution in [3.8, 4) is 11.8 Å². The van der Waals surface area contributed by atoms with Crippen LogP contribution in [0.5, 0.6) is 0 Å². The molecule has 2 unspecified atom stereocenters. The van der Waals surface area contributed by atoms with Crippen LogP contribution in [0.2, 0.25) is 0 Å². The van der Waals surface area contributed by atoms with E-state index in [2.05, 4.69) is 35.8 Å². The predicted molar refractivity (Wildman–Crippen MR) is 117 cm³/mol. The SMILES string of the molecule is CC(C)=C(C)C#C/C(C)=C(/C)C1OCC(SC(C)C(C)(O)Cn2cncn2)CO1. The number of allylic oxidation sites excluding steroid dienone is 3. The molecule has 2 atom stereocenters. The van der Waals surface area contributed by atoms with Gasteiger partial charge in [0.1, 0.15) is 12.7 Å². The van der Waals surface area contributed by atoms with E-state index in [-0.39, 0.29) is 16.8 Å². The third-order valence-electron chi connectivity index (χ3n) is 5.22. The van der Waals surface area contributed by atoms with Gasteiger partial charge in [-0.05, 0) is 52.7 Å². The van der Waals surface area contributed by atoms with Crippen LogP contribution in [-0.4, -0.2) is 55.5 Å². The van der Waals surface area contributed by atoms with Crippen LogP contribution in [0.3, 0.4) is 0 Å². The van der Waals surface area contributed by atoms with Gasteiger partial charge in [-0.15, -0.1) is 11.8 Å². The van der Waals surface area contributed by atoms with Gasteiger partial charge in [-0.1, -0.05) is 24.3 Å². The number of aliphatic hydroxyl groups is 1. The zero-order valence-electron chi connectivity index (χ0n) is 18.5. The molecule has 7 heteroatoms. The van der Waals surface area contributed by atoms with Crippen molar-refractivity contribution in [1.29, 1.82) is 0 Å². The Balaban J connectivity index is 1.89. The molecule has 0 saturated carbocycles. The summed E-state index contributed by atoms with van der Waals surface area (Å²) < 4.78 is 13.6. The van der Waals surface area contributed by atoms with Gasteiger partial charge >= 0.3 is 0 Å². The van der Waals surface area contributed by atoms with Crippen molar-refractivity contribution in [1.82, 2.24) is 14.8 Å². The maximum Gasteiger partial charge on any atom is 0.180 e. The molecule has 1 fully saturated rings. The summed E-state index contributed by atoms with van der Waals surface area (Å²) in [6.07, 6.45) is 2.72. The molecule has 160 valence electrons. The van der Waals surface area contributed by atoms with Gasteiger partial charge in [0, 0.05) is 10.8 Å². The van der Waals surface area contributed by atoms with E-state index in [1.54, 1.807) is 22.8 Å². The molecular weight excluding hydrogens is 386 g/mol. The molecule has 2 heterocycles. The monoisotopic (exact) mass is 419 g/mol. The molecule has 1 N–H and O–H groups in total. The molecular formula is C22H33N3O3S. The highest BCUT2D eigenvalue weighted by atomic mass is 32.2. The van der Waals surface area contributed by atoms with E-state index in [0.29, 0.717) is 19.8 Å². The van der Waals surface area contributed by atoms with Crippen molar-refractivity contribution < 1.29 is 14.6 Å².